The van der Waals surface area contributed by atoms with Crippen LogP contribution in [-0.2, 0) is 0 Å². The molecule has 0 amide bonds. The number of rotatable bonds is 3. The molecule has 0 heterocycles. The second-order valence-electron chi connectivity index (χ2n) is 5.34. The van der Waals surface area contributed by atoms with E-state index in [1.165, 1.54) is 25.7 Å². The lowest BCUT2D eigenvalue weighted by atomic mass is 9.82. The summed E-state index contributed by atoms with van der Waals surface area (Å²) >= 11 is 5.31. The molecule has 3 heteroatoms. The average Bonchev–Trinajstić information content (AvgIpc) is 2.38. The van der Waals surface area contributed by atoms with Gasteiger partial charge in [-0.05, 0) is 49.0 Å². The van der Waals surface area contributed by atoms with Crippen LogP contribution in [0, 0.1) is 11.8 Å². The largest absolute Gasteiger partial charge is 0.362 e. The van der Waals surface area contributed by atoms with E-state index in [0.29, 0.717) is 0 Å². The molecule has 1 aromatic rings. The van der Waals surface area contributed by atoms with Crippen molar-refractivity contribution in [2.75, 3.05) is 11.9 Å². The van der Waals surface area contributed by atoms with Crippen LogP contribution >= 0.6 is 12.2 Å². The Morgan fingerprint density at radius 1 is 1.28 bits per heavy atom. The highest BCUT2D eigenvalue weighted by Crippen LogP contribution is 2.27. The van der Waals surface area contributed by atoms with E-state index in [4.69, 9.17) is 12.2 Å². The minimum Gasteiger partial charge on any atom is -0.362 e. The monoisotopic (exact) mass is 262 g/mol. The molecule has 0 aliphatic heterocycles. The Hall–Kier alpha value is -1.09. The summed E-state index contributed by atoms with van der Waals surface area (Å²) in [7, 11) is 0. The van der Waals surface area contributed by atoms with Crippen LogP contribution in [0.5, 0.6) is 0 Å². The van der Waals surface area contributed by atoms with Crippen molar-refractivity contribution in [3.63, 3.8) is 0 Å². The fourth-order valence-corrected chi connectivity index (χ4v) is 2.88. The molecule has 0 radical (unpaired) electrons. The highest BCUT2D eigenvalue weighted by molar-refractivity contribution is 7.80. The number of hydrogen-bond donors (Lipinski definition) is 2. The van der Waals surface area contributed by atoms with Crippen LogP contribution in [-0.4, -0.2) is 11.7 Å². The zero-order valence-electron chi connectivity index (χ0n) is 11.0. The second kappa shape index (κ2) is 6.74. The first-order chi connectivity index (χ1) is 8.74. The molecule has 2 rings (SSSR count). The summed E-state index contributed by atoms with van der Waals surface area (Å²) in [4.78, 5) is 0. The molecule has 0 spiro atoms. The van der Waals surface area contributed by atoms with E-state index in [-0.39, 0.29) is 0 Å². The number of para-hydroxylation sites is 1. The molecule has 2 atom stereocenters. The third-order valence-electron chi connectivity index (χ3n) is 3.63. The summed E-state index contributed by atoms with van der Waals surface area (Å²) in [6.07, 6.45) is 5.43. The molecule has 0 aromatic heterocycles. The van der Waals surface area contributed by atoms with E-state index in [0.717, 1.165) is 29.2 Å². The molecule has 1 aromatic carbocycles. The number of benzene rings is 1. The first kappa shape index (κ1) is 13.3. The highest BCUT2D eigenvalue weighted by atomic mass is 32.1. The molecule has 2 nitrogen and oxygen atoms in total. The lowest BCUT2D eigenvalue weighted by Crippen LogP contribution is -2.34. The summed E-state index contributed by atoms with van der Waals surface area (Å²) in [6.45, 7) is 3.36. The van der Waals surface area contributed by atoms with Crippen molar-refractivity contribution in [2.24, 2.45) is 11.8 Å². The molecule has 0 bridgehead atoms. The third kappa shape index (κ3) is 4.30. The molecule has 1 aliphatic rings. The Labute approximate surface area is 115 Å². The van der Waals surface area contributed by atoms with Gasteiger partial charge in [-0.2, -0.15) is 0 Å². The molecule has 1 aliphatic carbocycles. The fraction of sp³-hybridized carbons (Fsp3) is 0.533. The van der Waals surface area contributed by atoms with Gasteiger partial charge in [0.15, 0.2) is 5.11 Å². The molecule has 2 unspecified atom stereocenters. The van der Waals surface area contributed by atoms with Crippen LogP contribution in [0.3, 0.4) is 0 Å². The normalized spacial score (nSPS) is 23.4. The van der Waals surface area contributed by atoms with E-state index in [9.17, 15) is 0 Å². The van der Waals surface area contributed by atoms with Crippen LogP contribution in [0.4, 0.5) is 5.69 Å². The van der Waals surface area contributed by atoms with Gasteiger partial charge in [0.1, 0.15) is 0 Å². The highest BCUT2D eigenvalue weighted by Gasteiger charge is 2.18. The third-order valence-corrected chi connectivity index (χ3v) is 3.87. The Morgan fingerprint density at radius 2 is 2.06 bits per heavy atom. The van der Waals surface area contributed by atoms with E-state index in [1.54, 1.807) is 0 Å². The summed E-state index contributed by atoms with van der Waals surface area (Å²) in [5.74, 6) is 1.66. The van der Waals surface area contributed by atoms with Gasteiger partial charge in [-0.3, -0.25) is 0 Å². The molecule has 2 N–H and O–H groups in total. The summed E-state index contributed by atoms with van der Waals surface area (Å²) in [6, 6.07) is 10.1. The average molecular weight is 262 g/mol. The first-order valence-corrected chi connectivity index (χ1v) is 7.25. The quantitative estimate of drug-likeness (QED) is 0.810. The van der Waals surface area contributed by atoms with Crippen molar-refractivity contribution >= 4 is 23.0 Å². The van der Waals surface area contributed by atoms with Crippen LogP contribution in [0.25, 0.3) is 0 Å². The Kier molecular flexibility index (Phi) is 5.00. The molecule has 18 heavy (non-hydrogen) atoms. The minimum absolute atomic E-state index is 0.736. The predicted octanol–water partition coefficient (Wildman–Crippen LogP) is 3.80. The van der Waals surface area contributed by atoms with Crippen molar-refractivity contribution in [3.05, 3.63) is 30.3 Å². The van der Waals surface area contributed by atoms with Gasteiger partial charge in [0, 0.05) is 12.2 Å². The van der Waals surface area contributed by atoms with Gasteiger partial charge in [-0.15, -0.1) is 0 Å². The molecular weight excluding hydrogens is 240 g/mol. The molecule has 0 saturated heterocycles. The SMILES string of the molecule is CC1CCCC(CNC(=S)Nc2ccccc2)C1. The molecule has 1 saturated carbocycles. The van der Waals surface area contributed by atoms with Crippen LogP contribution in [0.15, 0.2) is 30.3 Å². The zero-order chi connectivity index (χ0) is 12.8. The molecule has 98 valence electrons. The predicted molar refractivity (Wildman–Crippen MR) is 81.8 cm³/mol. The summed E-state index contributed by atoms with van der Waals surface area (Å²) < 4.78 is 0. The Balaban J connectivity index is 1.71. The Bertz CT molecular complexity index is 377. The van der Waals surface area contributed by atoms with E-state index in [1.807, 2.05) is 30.3 Å². The van der Waals surface area contributed by atoms with Gasteiger partial charge in [-0.1, -0.05) is 38.0 Å². The molecule has 1 fully saturated rings. The van der Waals surface area contributed by atoms with Gasteiger partial charge in [0.05, 0.1) is 0 Å². The van der Waals surface area contributed by atoms with Crippen molar-refractivity contribution < 1.29 is 0 Å². The first-order valence-electron chi connectivity index (χ1n) is 6.84. The van der Waals surface area contributed by atoms with Crippen molar-refractivity contribution in [1.82, 2.24) is 5.32 Å². The van der Waals surface area contributed by atoms with Crippen LogP contribution in [0.2, 0.25) is 0 Å². The lowest BCUT2D eigenvalue weighted by molar-refractivity contribution is 0.283. The smallest absolute Gasteiger partial charge is 0.170 e. The maximum atomic E-state index is 5.31. The number of hydrogen-bond acceptors (Lipinski definition) is 1. The Morgan fingerprint density at radius 3 is 2.78 bits per heavy atom. The van der Waals surface area contributed by atoms with Crippen molar-refractivity contribution in [3.8, 4) is 0 Å². The number of nitrogens with one attached hydrogen (secondary N) is 2. The van der Waals surface area contributed by atoms with Gasteiger partial charge < -0.3 is 10.6 Å². The van der Waals surface area contributed by atoms with E-state index in [2.05, 4.69) is 17.6 Å². The van der Waals surface area contributed by atoms with E-state index < -0.39 is 0 Å². The number of thiocarbonyl (C=S) groups is 1. The van der Waals surface area contributed by atoms with Gasteiger partial charge >= 0.3 is 0 Å². The summed E-state index contributed by atoms with van der Waals surface area (Å²) in [5.41, 5.74) is 1.05. The zero-order valence-corrected chi connectivity index (χ0v) is 11.8. The lowest BCUT2D eigenvalue weighted by Gasteiger charge is -2.27. The minimum atomic E-state index is 0.736. The maximum Gasteiger partial charge on any atom is 0.170 e. The summed E-state index contributed by atoms with van der Waals surface area (Å²) in [5, 5.41) is 7.29. The van der Waals surface area contributed by atoms with Crippen LogP contribution in [0.1, 0.15) is 32.6 Å². The standard InChI is InChI=1S/C15H22N2S/c1-12-6-5-7-13(10-12)11-16-15(18)17-14-8-3-2-4-9-14/h2-4,8-9,12-13H,5-7,10-11H2,1H3,(H2,16,17,18). The van der Waals surface area contributed by atoms with Crippen molar-refractivity contribution in [1.29, 1.82) is 0 Å². The van der Waals surface area contributed by atoms with Gasteiger partial charge in [0.25, 0.3) is 0 Å². The maximum absolute atomic E-state index is 5.31. The van der Waals surface area contributed by atoms with Crippen LogP contribution < -0.4 is 10.6 Å². The van der Waals surface area contributed by atoms with E-state index >= 15 is 0 Å². The van der Waals surface area contributed by atoms with Gasteiger partial charge in [0.2, 0.25) is 0 Å². The number of anilines is 1. The van der Waals surface area contributed by atoms with Gasteiger partial charge in [-0.25, -0.2) is 0 Å². The topological polar surface area (TPSA) is 24.1 Å². The van der Waals surface area contributed by atoms with Crippen molar-refractivity contribution in [2.45, 2.75) is 32.6 Å². The second-order valence-corrected chi connectivity index (χ2v) is 5.75. The molecular formula is C15H22N2S. The fourth-order valence-electron chi connectivity index (χ4n) is 2.68.